The van der Waals surface area contributed by atoms with Crippen molar-refractivity contribution in [1.29, 1.82) is 0 Å². The van der Waals surface area contributed by atoms with Crippen LogP contribution in [-0.2, 0) is 20.7 Å². The first-order valence-corrected chi connectivity index (χ1v) is 9.07. The zero-order chi connectivity index (χ0) is 19.4. The number of esters is 1. The lowest BCUT2D eigenvalue weighted by molar-refractivity contribution is -0.146. The predicted octanol–water partition coefficient (Wildman–Crippen LogP) is 5.18. The maximum Gasteiger partial charge on any atom is 0.310 e. The Morgan fingerprint density at radius 3 is 2.52 bits per heavy atom. The third kappa shape index (κ3) is 4.79. The molecule has 0 aromatic heterocycles. The normalized spacial score (nSPS) is 10.6. The van der Waals surface area contributed by atoms with Crippen LogP contribution in [0.4, 0.5) is 5.69 Å². The van der Waals surface area contributed by atoms with Gasteiger partial charge in [-0.25, -0.2) is 0 Å². The number of hydrogen-bond acceptors (Lipinski definition) is 3. The Morgan fingerprint density at radius 1 is 1.00 bits per heavy atom. The molecule has 3 rings (SSSR count). The molecule has 138 valence electrons. The van der Waals surface area contributed by atoms with E-state index in [2.05, 4.69) is 5.32 Å². The lowest BCUT2D eigenvalue weighted by Crippen LogP contribution is -2.22. The lowest BCUT2D eigenvalue weighted by atomic mass is 10.1. The molecular formula is C21H17Cl2NO3. The van der Waals surface area contributed by atoms with E-state index in [0.29, 0.717) is 15.7 Å². The SMILES string of the molecule is Cc1ccc(Cl)c(NC(=O)COC(=O)Cc2ccc3ccccc3c2)c1Cl. The van der Waals surface area contributed by atoms with Crippen molar-refractivity contribution in [2.75, 3.05) is 11.9 Å². The van der Waals surface area contributed by atoms with Gasteiger partial charge in [0.1, 0.15) is 0 Å². The Balaban J connectivity index is 1.57. The summed E-state index contributed by atoms with van der Waals surface area (Å²) < 4.78 is 5.06. The molecule has 0 aliphatic heterocycles. The minimum absolute atomic E-state index is 0.0874. The minimum Gasteiger partial charge on any atom is -0.455 e. The number of carbonyl (C=O) groups excluding carboxylic acids is 2. The predicted molar refractivity (Wildman–Crippen MR) is 108 cm³/mol. The summed E-state index contributed by atoms with van der Waals surface area (Å²) in [6.45, 7) is 1.39. The molecule has 0 heterocycles. The zero-order valence-corrected chi connectivity index (χ0v) is 16.1. The van der Waals surface area contributed by atoms with E-state index >= 15 is 0 Å². The zero-order valence-electron chi connectivity index (χ0n) is 14.6. The van der Waals surface area contributed by atoms with Crippen LogP contribution in [-0.4, -0.2) is 18.5 Å². The molecule has 0 radical (unpaired) electrons. The van der Waals surface area contributed by atoms with Crippen molar-refractivity contribution in [1.82, 2.24) is 0 Å². The van der Waals surface area contributed by atoms with Gasteiger partial charge in [-0.3, -0.25) is 9.59 Å². The summed E-state index contributed by atoms with van der Waals surface area (Å²) in [5.41, 5.74) is 1.92. The molecule has 0 spiro atoms. The molecule has 6 heteroatoms. The standard InChI is InChI=1S/C21H17Cl2NO3/c1-13-6-9-17(22)21(20(13)23)24-18(25)12-27-19(26)11-14-7-8-15-4-2-3-5-16(15)10-14/h2-10H,11-12H2,1H3,(H,24,25). The van der Waals surface area contributed by atoms with E-state index in [-0.39, 0.29) is 6.42 Å². The molecule has 0 fully saturated rings. The van der Waals surface area contributed by atoms with Crippen LogP contribution in [0.15, 0.2) is 54.6 Å². The van der Waals surface area contributed by atoms with E-state index in [1.165, 1.54) is 0 Å². The Hall–Kier alpha value is -2.56. The average molecular weight is 402 g/mol. The van der Waals surface area contributed by atoms with Crippen molar-refractivity contribution >= 4 is 51.5 Å². The number of anilines is 1. The number of aryl methyl sites for hydroxylation is 1. The Kier molecular flexibility index (Phi) is 5.99. The van der Waals surface area contributed by atoms with E-state index in [1.54, 1.807) is 19.1 Å². The maximum absolute atomic E-state index is 12.1. The number of benzene rings is 3. The molecule has 0 aliphatic carbocycles. The smallest absolute Gasteiger partial charge is 0.310 e. The van der Waals surface area contributed by atoms with Crippen LogP contribution in [0.3, 0.4) is 0 Å². The quantitative estimate of drug-likeness (QED) is 0.599. The molecule has 0 saturated heterocycles. The summed E-state index contributed by atoms with van der Waals surface area (Å²) >= 11 is 12.2. The van der Waals surface area contributed by atoms with Gasteiger partial charge in [-0.2, -0.15) is 0 Å². The molecule has 27 heavy (non-hydrogen) atoms. The van der Waals surface area contributed by atoms with Gasteiger partial charge >= 0.3 is 5.97 Å². The Labute approximate surface area is 167 Å². The molecule has 0 saturated carbocycles. The van der Waals surface area contributed by atoms with Crippen molar-refractivity contribution in [2.45, 2.75) is 13.3 Å². The summed E-state index contributed by atoms with van der Waals surface area (Å²) in [5, 5.41) is 5.41. The second kappa shape index (κ2) is 8.42. The van der Waals surface area contributed by atoms with Gasteiger partial charge in [0.05, 0.1) is 22.2 Å². The van der Waals surface area contributed by atoms with Crippen LogP contribution >= 0.6 is 23.2 Å². The van der Waals surface area contributed by atoms with Gasteiger partial charge in [0.15, 0.2) is 6.61 Å². The fraction of sp³-hybridized carbons (Fsp3) is 0.143. The van der Waals surface area contributed by atoms with Gasteiger partial charge in [-0.1, -0.05) is 71.7 Å². The topological polar surface area (TPSA) is 55.4 Å². The number of nitrogens with one attached hydrogen (secondary N) is 1. The highest BCUT2D eigenvalue weighted by molar-refractivity contribution is 6.40. The van der Waals surface area contributed by atoms with Crippen molar-refractivity contribution < 1.29 is 14.3 Å². The highest BCUT2D eigenvalue weighted by Gasteiger charge is 2.14. The van der Waals surface area contributed by atoms with Gasteiger partial charge < -0.3 is 10.1 Å². The van der Waals surface area contributed by atoms with Crippen molar-refractivity contribution in [3.8, 4) is 0 Å². The third-order valence-corrected chi connectivity index (χ3v) is 4.88. The second-order valence-corrected chi connectivity index (χ2v) is 6.91. The lowest BCUT2D eigenvalue weighted by Gasteiger charge is -2.11. The number of halogens is 2. The largest absolute Gasteiger partial charge is 0.455 e. The molecule has 3 aromatic carbocycles. The van der Waals surface area contributed by atoms with Crippen molar-refractivity contribution in [3.63, 3.8) is 0 Å². The van der Waals surface area contributed by atoms with Crippen LogP contribution < -0.4 is 5.32 Å². The third-order valence-electron chi connectivity index (χ3n) is 4.08. The monoisotopic (exact) mass is 401 g/mol. The molecule has 3 aromatic rings. The fourth-order valence-electron chi connectivity index (χ4n) is 2.66. The number of ether oxygens (including phenoxy) is 1. The highest BCUT2D eigenvalue weighted by atomic mass is 35.5. The van der Waals surface area contributed by atoms with E-state index < -0.39 is 18.5 Å². The Morgan fingerprint density at radius 2 is 1.74 bits per heavy atom. The summed E-state index contributed by atoms with van der Waals surface area (Å²) in [6.07, 6.45) is 0.0874. The van der Waals surface area contributed by atoms with E-state index in [9.17, 15) is 9.59 Å². The fourth-order valence-corrected chi connectivity index (χ4v) is 3.12. The minimum atomic E-state index is -0.503. The van der Waals surface area contributed by atoms with Crippen LogP contribution in [0.1, 0.15) is 11.1 Å². The second-order valence-electron chi connectivity index (χ2n) is 6.12. The molecular weight excluding hydrogens is 385 g/mol. The Bertz CT molecular complexity index is 1020. The maximum atomic E-state index is 12.1. The number of rotatable bonds is 5. The van der Waals surface area contributed by atoms with E-state index in [4.69, 9.17) is 27.9 Å². The summed E-state index contributed by atoms with van der Waals surface area (Å²) in [4.78, 5) is 24.1. The van der Waals surface area contributed by atoms with Gasteiger partial charge in [-0.15, -0.1) is 0 Å². The van der Waals surface area contributed by atoms with Gasteiger partial charge in [-0.05, 0) is 34.9 Å². The molecule has 4 nitrogen and oxygen atoms in total. The molecule has 0 aliphatic rings. The first-order valence-electron chi connectivity index (χ1n) is 8.32. The molecule has 1 N–H and O–H groups in total. The highest BCUT2D eigenvalue weighted by Crippen LogP contribution is 2.32. The van der Waals surface area contributed by atoms with Gasteiger partial charge in [0, 0.05) is 0 Å². The average Bonchev–Trinajstić information content (AvgIpc) is 2.66. The number of fused-ring (bicyclic) bond motifs is 1. The van der Waals surface area contributed by atoms with Gasteiger partial charge in [0.25, 0.3) is 5.91 Å². The summed E-state index contributed by atoms with van der Waals surface area (Å²) in [6, 6.07) is 17.0. The van der Waals surface area contributed by atoms with Crippen molar-refractivity contribution in [2.24, 2.45) is 0 Å². The van der Waals surface area contributed by atoms with Crippen LogP contribution in [0.5, 0.6) is 0 Å². The summed E-state index contributed by atoms with van der Waals surface area (Å²) in [5.74, 6) is -0.988. The number of hydrogen-bond donors (Lipinski definition) is 1. The number of carbonyl (C=O) groups is 2. The van der Waals surface area contributed by atoms with E-state index in [0.717, 1.165) is 21.9 Å². The first-order chi connectivity index (χ1) is 12.9. The molecule has 0 bridgehead atoms. The molecule has 0 unspecified atom stereocenters. The molecule has 1 amide bonds. The van der Waals surface area contributed by atoms with Crippen LogP contribution in [0, 0.1) is 6.92 Å². The summed E-state index contributed by atoms with van der Waals surface area (Å²) in [7, 11) is 0. The molecule has 0 atom stereocenters. The first kappa shape index (κ1) is 19.2. The van der Waals surface area contributed by atoms with Crippen LogP contribution in [0.25, 0.3) is 10.8 Å². The number of amides is 1. The van der Waals surface area contributed by atoms with Gasteiger partial charge in [0.2, 0.25) is 0 Å². The van der Waals surface area contributed by atoms with E-state index in [1.807, 2.05) is 42.5 Å². The van der Waals surface area contributed by atoms with Crippen molar-refractivity contribution in [3.05, 3.63) is 75.8 Å². The van der Waals surface area contributed by atoms with Crippen LogP contribution in [0.2, 0.25) is 10.0 Å².